The van der Waals surface area contributed by atoms with Crippen LogP contribution >= 0.6 is 0 Å². The van der Waals surface area contributed by atoms with Gasteiger partial charge in [-0.1, -0.05) is 129 Å². The van der Waals surface area contributed by atoms with E-state index in [0.717, 1.165) is 19.5 Å². The van der Waals surface area contributed by atoms with Gasteiger partial charge in [-0.15, -0.1) is 6.58 Å². The molecular weight excluding hydrogens is 378 g/mol. The van der Waals surface area contributed by atoms with Crippen LogP contribution in [0.4, 0.5) is 0 Å². The predicted octanol–water partition coefficient (Wildman–Crippen LogP) is 9.23. The summed E-state index contributed by atoms with van der Waals surface area (Å²) >= 11 is 0. The fourth-order valence-electron chi connectivity index (χ4n) is 5.10. The lowest BCUT2D eigenvalue weighted by Gasteiger charge is -2.18. The van der Waals surface area contributed by atoms with Gasteiger partial charge in [-0.25, -0.2) is 0 Å². The first kappa shape index (κ1) is 28.2. The zero-order chi connectivity index (χ0) is 22.4. The number of unbranched alkanes of at least 4 members (excludes halogenated alkanes) is 17. The van der Waals surface area contributed by atoms with Gasteiger partial charge in [0.25, 0.3) is 0 Å². The highest BCUT2D eigenvalue weighted by atomic mass is 16.2. The molecule has 31 heavy (non-hydrogen) atoms. The predicted molar refractivity (Wildman–Crippen MR) is 138 cm³/mol. The SMILES string of the molecule is C=CCN1CCCC(CCCCCCCCCCCCCCCCCCCC)CC1=O. The number of rotatable bonds is 21. The Hall–Kier alpha value is -0.790. The lowest BCUT2D eigenvalue weighted by atomic mass is 9.93. The van der Waals surface area contributed by atoms with Crippen LogP contribution in [0, 0.1) is 5.92 Å². The van der Waals surface area contributed by atoms with E-state index >= 15 is 0 Å². The van der Waals surface area contributed by atoms with Crippen LogP contribution < -0.4 is 0 Å². The van der Waals surface area contributed by atoms with Crippen molar-refractivity contribution in [3.63, 3.8) is 0 Å². The van der Waals surface area contributed by atoms with Gasteiger partial charge < -0.3 is 4.90 Å². The number of nitrogens with zero attached hydrogens (tertiary/aromatic N) is 1. The summed E-state index contributed by atoms with van der Waals surface area (Å²) in [6, 6.07) is 0. The first-order chi connectivity index (χ1) is 15.3. The highest BCUT2D eigenvalue weighted by Gasteiger charge is 2.22. The summed E-state index contributed by atoms with van der Waals surface area (Å²) in [5.41, 5.74) is 0. The van der Waals surface area contributed by atoms with Gasteiger partial charge >= 0.3 is 0 Å². The van der Waals surface area contributed by atoms with Gasteiger partial charge in [0.15, 0.2) is 0 Å². The molecule has 2 heteroatoms. The largest absolute Gasteiger partial charge is 0.339 e. The van der Waals surface area contributed by atoms with Gasteiger partial charge in [0.1, 0.15) is 0 Å². The summed E-state index contributed by atoms with van der Waals surface area (Å²) in [5, 5.41) is 0. The molecule has 1 unspecified atom stereocenters. The molecule has 0 bridgehead atoms. The van der Waals surface area contributed by atoms with Crippen molar-refractivity contribution in [3.05, 3.63) is 12.7 Å². The third-order valence-corrected chi connectivity index (χ3v) is 7.17. The van der Waals surface area contributed by atoms with E-state index in [4.69, 9.17) is 0 Å². The van der Waals surface area contributed by atoms with Crippen LogP contribution in [0.2, 0.25) is 0 Å². The zero-order valence-corrected chi connectivity index (χ0v) is 21.2. The van der Waals surface area contributed by atoms with Gasteiger partial charge in [0, 0.05) is 19.5 Å². The Balaban J connectivity index is 1.80. The molecule has 0 aromatic rings. The molecule has 1 fully saturated rings. The van der Waals surface area contributed by atoms with Crippen LogP contribution in [0.25, 0.3) is 0 Å². The van der Waals surface area contributed by atoms with Crippen LogP contribution in [0.5, 0.6) is 0 Å². The van der Waals surface area contributed by atoms with E-state index in [9.17, 15) is 4.79 Å². The van der Waals surface area contributed by atoms with Crippen molar-refractivity contribution in [1.29, 1.82) is 0 Å². The van der Waals surface area contributed by atoms with Gasteiger partial charge in [-0.3, -0.25) is 4.79 Å². The van der Waals surface area contributed by atoms with Crippen LogP contribution in [0.3, 0.4) is 0 Å². The molecule has 1 heterocycles. The van der Waals surface area contributed by atoms with E-state index in [2.05, 4.69) is 13.5 Å². The van der Waals surface area contributed by atoms with E-state index in [0.29, 0.717) is 11.8 Å². The molecule has 0 spiro atoms. The second kappa shape index (κ2) is 21.1. The Labute approximate surface area is 195 Å². The number of likely N-dealkylation sites (tertiary alicyclic amines) is 1. The minimum atomic E-state index is 0.352. The fourth-order valence-corrected chi connectivity index (χ4v) is 5.10. The van der Waals surface area contributed by atoms with Gasteiger partial charge in [0.2, 0.25) is 5.91 Å². The summed E-state index contributed by atoms with van der Waals surface area (Å²) < 4.78 is 0. The molecule has 0 N–H and O–H groups in total. The Kier molecular flexibility index (Phi) is 19.2. The third kappa shape index (κ3) is 16.5. The van der Waals surface area contributed by atoms with Crippen molar-refractivity contribution in [3.8, 4) is 0 Å². The maximum absolute atomic E-state index is 12.3. The molecule has 1 saturated heterocycles. The summed E-state index contributed by atoms with van der Waals surface area (Å²) in [4.78, 5) is 14.3. The molecule has 0 aliphatic carbocycles. The number of carbonyl (C=O) groups is 1. The summed E-state index contributed by atoms with van der Waals surface area (Å²) in [6.07, 6.45) is 32.0. The van der Waals surface area contributed by atoms with Crippen LogP contribution in [0.15, 0.2) is 12.7 Å². The van der Waals surface area contributed by atoms with Gasteiger partial charge in [0.05, 0.1) is 0 Å². The Morgan fingerprint density at radius 1 is 0.774 bits per heavy atom. The zero-order valence-electron chi connectivity index (χ0n) is 21.2. The number of amides is 1. The molecular formula is C29H55NO. The minimum absolute atomic E-state index is 0.352. The monoisotopic (exact) mass is 433 g/mol. The average Bonchev–Trinajstić information content (AvgIpc) is 2.94. The van der Waals surface area contributed by atoms with E-state index < -0.39 is 0 Å². The second-order valence-corrected chi connectivity index (χ2v) is 10.1. The molecule has 0 saturated carbocycles. The number of hydrogen-bond acceptors (Lipinski definition) is 1. The lowest BCUT2D eigenvalue weighted by molar-refractivity contribution is -0.130. The third-order valence-electron chi connectivity index (χ3n) is 7.17. The van der Waals surface area contributed by atoms with Gasteiger partial charge in [-0.05, 0) is 25.2 Å². The summed E-state index contributed by atoms with van der Waals surface area (Å²) in [5.74, 6) is 0.980. The smallest absolute Gasteiger partial charge is 0.223 e. The highest BCUT2D eigenvalue weighted by molar-refractivity contribution is 5.76. The van der Waals surface area contributed by atoms with E-state index in [-0.39, 0.29) is 0 Å². The molecule has 0 aromatic carbocycles. The van der Waals surface area contributed by atoms with Crippen molar-refractivity contribution in [2.75, 3.05) is 13.1 Å². The van der Waals surface area contributed by atoms with Crippen molar-refractivity contribution in [1.82, 2.24) is 4.90 Å². The van der Waals surface area contributed by atoms with E-state index in [1.165, 1.54) is 135 Å². The molecule has 2 nitrogen and oxygen atoms in total. The fraction of sp³-hybridized carbons (Fsp3) is 0.897. The van der Waals surface area contributed by atoms with E-state index in [1.807, 2.05) is 11.0 Å². The van der Waals surface area contributed by atoms with Gasteiger partial charge in [-0.2, -0.15) is 0 Å². The number of carbonyl (C=O) groups excluding carboxylic acids is 1. The van der Waals surface area contributed by atoms with Crippen LogP contribution in [0.1, 0.15) is 148 Å². The Morgan fingerprint density at radius 2 is 1.23 bits per heavy atom. The minimum Gasteiger partial charge on any atom is -0.339 e. The van der Waals surface area contributed by atoms with Crippen molar-refractivity contribution >= 4 is 5.91 Å². The van der Waals surface area contributed by atoms with Crippen molar-refractivity contribution in [2.45, 2.75) is 148 Å². The van der Waals surface area contributed by atoms with Crippen molar-refractivity contribution in [2.24, 2.45) is 5.92 Å². The Morgan fingerprint density at radius 3 is 1.68 bits per heavy atom. The number of hydrogen-bond donors (Lipinski definition) is 0. The molecule has 1 aliphatic heterocycles. The normalized spacial score (nSPS) is 17.1. The summed E-state index contributed by atoms with van der Waals surface area (Å²) in [7, 11) is 0. The van der Waals surface area contributed by atoms with E-state index in [1.54, 1.807) is 0 Å². The molecule has 1 aliphatic rings. The average molecular weight is 434 g/mol. The second-order valence-electron chi connectivity index (χ2n) is 10.1. The molecule has 1 amide bonds. The quantitative estimate of drug-likeness (QED) is 0.130. The lowest BCUT2D eigenvalue weighted by Crippen LogP contribution is -2.30. The molecule has 182 valence electrons. The molecule has 1 atom stereocenters. The maximum Gasteiger partial charge on any atom is 0.223 e. The topological polar surface area (TPSA) is 20.3 Å². The first-order valence-electron chi connectivity index (χ1n) is 14.2. The molecule has 0 radical (unpaired) electrons. The highest BCUT2D eigenvalue weighted by Crippen LogP contribution is 2.24. The first-order valence-corrected chi connectivity index (χ1v) is 14.2. The van der Waals surface area contributed by atoms with Crippen LogP contribution in [-0.2, 0) is 4.79 Å². The maximum atomic E-state index is 12.3. The molecule has 0 aromatic heterocycles. The Bertz CT molecular complexity index is 419. The standard InChI is InChI=1S/C29H55NO/c1-3-5-6-7-8-9-10-11-12-13-14-15-16-17-18-19-20-21-23-28-24-22-26-30(25-4-2)29(31)27-28/h4,28H,2-3,5-27H2,1H3. The molecule has 1 rings (SSSR count). The van der Waals surface area contributed by atoms with Crippen molar-refractivity contribution < 1.29 is 4.79 Å². The van der Waals surface area contributed by atoms with Crippen LogP contribution in [-0.4, -0.2) is 23.9 Å². The summed E-state index contributed by atoms with van der Waals surface area (Å²) in [6.45, 7) is 7.73.